The van der Waals surface area contributed by atoms with Crippen molar-refractivity contribution in [3.05, 3.63) is 84.6 Å². The van der Waals surface area contributed by atoms with Crippen LogP contribution in [0.5, 0.6) is 17.2 Å². The molecule has 0 radical (unpaired) electrons. The van der Waals surface area contributed by atoms with E-state index < -0.39 is 0 Å². The Balaban J connectivity index is 1.82. The molecule has 1 aromatic heterocycles. The molecule has 0 atom stereocenters. The quantitative estimate of drug-likeness (QED) is 0.484. The van der Waals surface area contributed by atoms with E-state index in [2.05, 4.69) is 10.4 Å². The molecular formula is C24H21N3O4. The van der Waals surface area contributed by atoms with Gasteiger partial charge < -0.3 is 19.9 Å². The maximum atomic E-state index is 13.2. The summed E-state index contributed by atoms with van der Waals surface area (Å²) in [5.74, 6) is 0.869. The van der Waals surface area contributed by atoms with Gasteiger partial charge >= 0.3 is 0 Å². The first-order valence-corrected chi connectivity index (χ1v) is 9.57. The van der Waals surface area contributed by atoms with Crippen LogP contribution in [0.4, 0.5) is 5.69 Å². The minimum atomic E-state index is -0.361. The standard InChI is InChI=1S/C24H21N3O4/c1-30-19-11-12-20(22(14-19)31-2)23-21(15-27(26-23)17-8-4-3-5-9-17)24(29)25-16-7-6-10-18(28)13-16/h3-15,28H,1-2H3,(H,25,29). The zero-order valence-electron chi connectivity index (χ0n) is 17.1. The van der Waals surface area contributed by atoms with Gasteiger partial charge in [0.1, 0.15) is 22.9 Å². The topological polar surface area (TPSA) is 85.6 Å². The molecule has 0 saturated heterocycles. The molecule has 2 N–H and O–H groups in total. The Morgan fingerprint density at radius 1 is 0.968 bits per heavy atom. The third-order valence-electron chi connectivity index (χ3n) is 4.75. The van der Waals surface area contributed by atoms with Gasteiger partial charge in [-0.15, -0.1) is 0 Å². The van der Waals surface area contributed by atoms with Crippen molar-refractivity contribution in [1.29, 1.82) is 0 Å². The number of amides is 1. The van der Waals surface area contributed by atoms with Gasteiger partial charge in [-0.2, -0.15) is 5.10 Å². The SMILES string of the molecule is COc1ccc(-c2nn(-c3ccccc3)cc2C(=O)Nc2cccc(O)c2)c(OC)c1. The Morgan fingerprint density at radius 3 is 2.48 bits per heavy atom. The number of benzene rings is 3. The molecule has 3 aromatic carbocycles. The van der Waals surface area contributed by atoms with Gasteiger partial charge in [-0.1, -0.05) is 24.3 Å². The van der Waals surface area contributed by atoms with E-state index in [0.29, 0.717) is 34.0 Å². The lowest BCUT2D eigenvalue weighted by molar-refractivity contribution is 0.102. The van der Waals surface area contributed by atoms with Crippen molar-refractivity contribution in [2.75, 3.05) is 19.5 Å². The third-order valence-corrected chi connectivity index (χ3v) is 4.75. The average Bonchev–Trinajstić information content (AvgIpc) is 3.24. The Labute approximate surface area is 179 Å². The number of hydrogen-bond donors (Lipinski definition) is 2. The molecule has 1 amide bonds. The van der Waals surface area contributed by atoms with Crippen LogP contribution in [0.3, 0.4) is 0 Å². The highest BCUT2D eigenvalue weighted by atomic mass is 16.5. The minimum Gasteiger partial charge on any atom is -0.508 e. The van der Waals surface area contributed by atoms with Crippen molar-refractivity contribution >= 4 is 11.6 Å². The zero-order chi connectivity index (χ0) is 21.8. The number of nitrogens with one attached hydrogen (secondary N) is 1. The molecule has 0 bridgehead atoms. The van der Waals surface area contributed by atoms with Crippen molar-refractivity contribution < 1.29 is 19.4 Å². The number of phenolic OH excluding ortho intramolecular Hbond substituents is 1. The fourth-order valence-corrected chi connectivity index (χ4v) is 3.23. The molecule has 4 rings (SSSR count). The summed E-state index contributed by atoms with van der Waals surface area (Å²) >= 11 is 0. The van der Waals surface area contributed by atoms with Crippen LogP contribution in [0.1, 0.15) is 10.4 Å². The van der Waals surface area contributed by atoms with Crippen molar-refractivity contribution in [2.24, 2.45) is 0 Å². The normalized spacial score (nSPS) is 10.5. The number of rotatable bonds is 6. The van der Waals surface area contributed by atoms with E-state index in [1.807, 2.05) is 30.3 Å². The molecule has 0 aliphatic carbocycles. The van der Waals surface area contributed by atoms with Crippen molar-refractivity contribution in [2.45, 2.75) is 0 Å². The highest BCUT2D eigenvalue weighted by molar-refractivity contribution is 6.08. The molecule has 0 aliphatic heterocycles. The predicted molar refractivity (Wildman–Crippen MR) is 118 cm³/mol. The number of phenols is 1. The van der Waals surface area contributed by atoms with Gasteiger partial charge in [0.15, 0.2) is 0 Å². The molecule has 0 unspecified atom stereocenters. The lowest BCUT2D eigenvalue weighted by Crippen LogP contribution is -2.12. The van der Waals surface area contributed by atoms with E-state index in [-0.39, 0.29) is 11.7 Å². The van der Waals surface area contributed by atoms with Gasteiger partial charge in [0, 0.05) is 29.6 Å². The second kappa shape index (κ2) is 8.62. The van der Waals surface area contributed by atoms with E-state index in [9.17, 15) is 9.90 Å². The molecule has 0 spiro atoms. The maximum absolute atomic E-state index is 13.2. The number of anilines is 1. The Bertz CT molecular complexity index is 1220. The number of aromatic hydroxyl groups is 1. The van der Waals surface area contributed by atoms with Gasteiger partial charge in [0.2, 0.25) is 0 Å². The molecule has 156 valence electrons. The van der Waals surface area contributed by atoms with E-state index in [4.69, 9.17) is 9.47 Å². The van der Waals surface area contributed by atoms with Gasteiger partial charge in [0.25, 0.3) is 5.91 Å². The number of hydrogen-bond acceptors (Lipinski definition) is 5. The number of carbonyl (C=O) groups is 1. The Hall–Kier alpha value is -4.26. The molecule has 0 fully saturated rings. The van der Waals surface area contributed by atoms with Crippen LogP contribution in [-0.2, 0) is 0 Å². The van der Waals surface area contributed by atoms with Crippen LogP contribution in [0.2, 0.25) is 0 Å². The average molecular weight is 415 g/mol. The lowest BCUT2D eigenvalue weighted by Gasteiger charge is -2.10. The highest BCUT2D eigenvalue weighted by Gasteiger charge is 2.22. The Morgan fingerprint density at radius 2 is 1.77 bits per heavy atom. The minimum absolute atomic E-state index is 0.0647. The molecule has 0 saturated carbocycles. The van der Waals surface area contributed by atoms with Crippen molar-refractivity contribution in [3.8, 4) is 34.2 Å². The summed E-state index contributed by atoms with van der Waals surface area (Å²) < 4.78 is 12.5. The summed E-state index contributed by atoms with van der Waals surface area (Å²) in [5, 5.41) is 17.2. The molecule has 4 aromatic rings. The second-order valence-electron chi connectivity index (χ2n) is 6.74. The van der Waals surface area contributed by atoms with Crippen LogP contribution in [0.15, 0.2) is 79.0 Å². The first-order chi connectivity index (χ1) is 15.1. The van der Waals surface area contributed by atoms with Crippen LogP contribution in [0.25, 0.3) is 16.9 Å². The van der Waals surface area contributed by atoms with E-state index in [1.165, 1.54) is 12.1 Å². The fraction of sp³-hybridized carbons (Fsp3) is 0.0833. The molecule has 1 heterocycles. The largest absolute Gasteiger partial charge is 0.508 e. The highest BCUT2D eigenvalue weighted by Crippen LogP contribution is 2.35. The molecule has 0 aliphatic rings. The summed E-state index contributed by atoms with van der Waals surface area (Å²) in [7, 11) is 3.13. The van der Waals surface area contributed by atoms with Crippen molar-refractivity contribution in [1.82, 2.24) is 9.78 Å². The van der Waals surface area contributed by atoms with Crippen LogP contribution >= 0.6 is 0 Å². The number of ether oxygens (including phenoxy) is 2. The summed E-state index contributed by atoms with van der Waals surface area (Å²) in [4.78, 5) is 13.2. The summed E-state index contributed by atoms with van der Waals surface area (Å²) in [5.41, 5.74) is 2.76. The fourth-order valence-electron chi connectivity index (χ4n) is 3.23. The third kappa shape index (κ3) is 4.20. The number of methoxy groups -OCH3 is 2. The van der Waals surface area contributed by atoms with E-state index >= 15 is 0 Å². The number of nitrogens with zero attached hydrogens (tertiary/aromatic N) is 2. The Kier molecular flexibility index (Phi) is 5.57. The van der Waals surface area contributed by atoms with Gasteiger partial charge in [-0.3, -0.25) is 4.79 Å². The van der Waals surface area contributed by atoms with Gasteiger partial charge in [-0.05, 0) is 36.4 Å². The zero-order valence-corrected chi connectivity index (χ0v) is 17.1. The summed E-state index contributed by atoms with van der Waals surface area (Å²) in [6.07, 6.45) is 1.67. The molecule has 31 heavy (non-hydrogen) atoms. The number of para-hydroxylation sites is 1. The van der Waals surface area contributed by atoms with E-state index in [0.717, 1.165) is 5.69 Å². The predicted octanol–water partition coefficient (Wildman–Crippen LogP) is 4.51. The lowest BCUT2D eigenvalue weighted by atomic mass is 10.1. The van der Waals surface area contributed by atoms with Gasteiger partial charge in [0.05, 0.1) is 25.5 Å². The van der Waals surface area contributed by atoms with E-state index in [1.54, 1.807) is 55.4 Å². The maximum Gasteiger partial charge on any atom is 0.259 e. The molecule has 7 heteroatoms. The van der Waals surface area contributed by atoms with Crippen LogP contribution < -0.4 is 14.8 Å². The first kappa shape index (κ1) is 20.0. The summed E-state index contributed by atoms with van der Waals surface area (Å²) in [6.45, 7) is 0. The van der Waals surface area contributed by atoms with Crippen molar-refractivity contribution in [3.63, 3.8) is 0 Å². The smallest absolute Gasteiger partial charge is 0.259 e. The molecule has 7 nitrogen and oxygen atoms in total. The van der Waals surface area contributed by atoms with Gasteiger partial charge in [-0.25, -0.2) is 4.68 Å². The first-order valence-electron chi connectivity index (χ1n) is 9.57. The second-order valence-corrected chi connectivity index (χ2v) is 6.74. The molecular weight excluding hydrogens is 394 g/mol. The number of carbonyl (C=O) groups excluding carboxylic acids is 1. The monoisotopic (exact) mass is 415 g/mol. The van der Waals surface area contributed by atoms with Crippen LogP contribution in [-0.4, -0.2) is 35.0 Å². The van der Waals surface area contributed by atoms with Crippen LogP contribution in [0, 0.1) is 0 Å². The summed E-state index contributed by atoms with van der Waals surface area (Å²) in [6, 6.07) is 21.2. The number of aromatic nitrogens is 2.